The van der Waals surface area contributed by atoms with E-state index in [9.17, 15) is 13.2 Å². The molecule has 8 nitrogen and oxygen atoms in total. The third-order valence-corrected chi connectivity index (χ3v) is 8.01. The maximum atomic E-state index is 12.8. The number of amides is 2. The van der Waals surface area contributed by atoms with Gasteiger partial charge in [0.15, 0.2) is 5.03 Å². The number of rotatable bonds is 6. The van der Waals surface area contributed by atoms with Crippen LogP contribution < -0.4 is 10.0 Å². The number of benzene rings is 1. The van der Waals surface area contributed by atoms with E-state index in [2.05, 4.69) is 26.1 Å². The molecule has 1 radical (unpaired) electrons. The number of likely N-dealkylation sites (tertiary alicyclic amines) is 1. The number of anilines is 1. The molecule has 167 valence electrons. The van der Waals surface area contributed by atoms with E-state index in [0.717, 1.165) is 76.0 Å². The molecule has 3 aliphatic rings. The molecule has 10 heteroatoms. The van der Waals surface area contributed by atoms with Gasteiger partial charge in [0.1, 0.15) is 0 Å². The van der Waals surface area contributed by atoms with E-state index in [0.29, 0.717) is 0 Å². The maximum absolute atomic E-state index is 12.8. The molecule has 1 aliphatic heterocycles. The smallest absolute Gasteiger partial charge is 0.307 e. The van der Waals surface area contributed by atoms with E-state index < -0.39 is 16.1 Å². The van der Waals surface area contributed by atoms with Crippen LogP contribution in [0.2, 0.25) is 0 Å². The van der Waals surface area contributed by atoms with Crippen molar-refractivity contribution in [1.29, 1.82) is 0 Å². The fourth-order valence-electron chi connectivity index (χ4n) is 5.00. The summed E-state index contributed by atoms with van der Waals surface area (Å²) in [5.74, 6) is 0. The summed E-state index contributed by atoms with van der Waals surface area (Å²) < 4.78 is 29.4. The first kappa shape index (κ1) is 23.8. The van der Waals surface area contributed by atoms with Gasteiger partial charge in [-0.05, 0) is 80.3 Å². The third-order valence-electron chi connectivity index (χ3n) is 6.80. The quantitative estimate of drug-likeness (QED) is 0.633. The van der Waals surface area contributed by atoms with Gasteiger partial charge >= 0.3 is 6.03 Å². The van der Waals surface area contributed by atoms with Crippen molar-refractivity contribution in [3.63, 3.8) is 0 Å². The van der Waals surface area contributed by atoms with E-state index in [4.69, 9.17) is 0 Å². The fraction of sp³-hybridized carbons (Fsp3) is 0.545. The van der Waals surface area contributed by atoms with E-state index in [1.807, 2.05) is 0 Å². The molecule has 1 fully saturated rings. The van der Waals surface area contributed by atoms with Crippen molar-refractivity contribution in [1.82, 2.24) is 19.4 Å². The molecule has 0 bridgehead atoms. The largest absolute Gasteiger partial charge is 0.333 e. The van der Waals surface area contributed by atoms with Crippen LogP contribution in [0.1, 0.15) is 47.2 Å². The number of hydrogen-bond donors (Lipinski definition) is 2. The molecule has 0 saturated carbocycles. The van der Waals surface area contributed by atoms with E-state index in [1.165, 1.54) is 28.7 Å². The Bertz CT molecular complexity index is 1110. The van der Waals surface area contributed by atoms with Crippen molar-refractivity contribution in [2.24, 2.45) is 7.05 Å². The predicted octanol–water partition coefficient (Wildman–Crippen LogP) is 1.78. The van der Waals surface area contributed by atoms with Gasteiger partial charge in [0.25, 0.3) is 10.0 Å². The summed E-state index contributed by atoms with van der Waals surface area (Å²) in [5, 5.41) is 6.90. The van der Waals surface area contributed by atoms with Gasteiger partial charge in [-0.2, -0.15) is 13.5 Å². The molecule has 2 heterocycles. The summed E-state index contributed by atoms with van der Waals surface area (Å²) in [5.41, 5.74) is 6.57. The van der Waals surface area contributed by atoms with E-state index in [1.54, 1.807) is 17.8 Å². The van der Waals surface area contributed by atoms with Crippen molar-refractivity contribution in [2.45, 2.75) is 56.4 Å². The van der Waals surface area contributed by atoms with Gasteiger partial charge < -0.3 is 10.2 Å². The molecule has 2 aromatic rings. The van der Waals surface area contributed by atoms with Crippen molar-refractivity contribution in [3.8, 4) is 0 Å². The van der Waals surface area contributed by atoms with Crippen molar-refractivity contribution in [3.05, 3.63) is 40.1 Å². The predicted molar refractivity (Wildman–Crippen MR) is 124 cm³/mol. The molecular weight excluding hydrogens is 437 g/mol. The molecule has 0 atom stereocenters. The molecule has 2 N–H and O–H groups in total. The number of aryl methyl sites for hydroxylation is 3. The Morgan fingerprint density at radius 1 is 1.03 bits per heavy atom. The number of carbonyl (C=O) groups excluding carboxylic acids is 1. The van der Waals surface area contributed by atoms with Crippen LogP contribution >= 0.6 is 0 Å². The van der Waals surface area contributed by atoms with Gasteiger partial charge in [0.2, 0.25) is 0 Å². The first-order valence-corrected chi connectivity index (χ1v) is 12.6. The Kier molecular flexibility index (Phi) is 7.03. The van der Waals surface area contributed by atoms with Crippen LogP contribution in [-0.4, -0.2) is 78.3 Å². The second-order valence-electron chi connectivity index (χ2n) is 8.84. The molecule has 32 heavy (non-hydrogen) atoms. The summed E-state index contributed by atoms with van der Waals surface area (Å²) in [7, 11) is -2.31. The summed E-state index contributed by atoms with van der Waals surface area (Å²) >= 11 is 0. The van der Waals surface area contributed by atoms with Crippen LogP contribution in [-0.2, 0) is 49.2 Å². The summed E-state index contributed by atoms with van der Waals surface area (Å²) in [4.78, 5) is 15.0. The number of nitrogens with one attached hydrogen (secondary N) is 2. The van der Waals surface area contributed by atoms with Gasteiger partial charge in [0, 0.05) is 67.0 Å². The second kappa shape index (κ2) is 9.46. The zero-order valence-electron chi connectivity index (χ0n) is 18.9. The third kappa shape index (κ3) is 4.63. The van der Waals surface area contributed by atoms with Crippen LogP contribution in [0.4, 0.5) is 10.5 Å². The Balaban J connectivity index is 0.00000245. The molecule has 1 saturated heterocycles. The minimum Gasteiger partial charge on any atom is -0.307 e. The summed E-state index contributed by atoms with van der Waals surface area (Å²) in [6, 6.07) is 3.12. The average Bonchev–Trinajstić information content (AvgIpc) is 3.40. The van der Waals surface area contributed by atoms with Crippen molar-refractivity contribution < 1.29 is 13.2 Å². The van der Waals surface area contributed by atoms with Gasteiger partial charge in [-0.1, -0.05) is 6.07 Å². The minimum atomic E-state index is -4.05. The number of urea groups is 1. The standard InChI is InChI=1S/C22H29N5O3S.Na/c1-26-17(9-12-27-10-4-11-27)14-20(24-26)31(29,30)25-22(28)23-21-18-7-2-5-15(18)13-16-6-3-8-19(16)21;/h13-14H,2-12H2,1H3,(H2,23,25,28);. The van der Waals surface area contributed by atoms with E-state index in [-0.39, 0.29) is 34.6 Å². The fourth-order valence-corrected chi connectivity index (χ4v) is 5.92. The number of aromatic nitrogens is 2. The Morgan fingerprint density at radius 2 is 1.69 bits per heavy atom. The first-order chi connectivity index (χ1) is 14.9. The zero-order valence-corrected chi connectivity index (χ0v) is 21.7. The number of fused-ring (bicyclic) bond motifs is 2. The molecule has 1 aromatic carbocycles. The molecule has 1 aromatic heterocycles. The number of sulfonamides is 1. The average molecular weight is 467 g/mol. The summed E-state index contributed by atoms with van der Waals surface area (Å²) in [6.45, 7) is 3.08. The summed E-state index contributed by atoms with van der Waals surface area (Å²) in [6.07, 6.45) is 7.97. The SMILES string of the molecule is Cn1nc(S(=O)(=O)NC(=O)Nc2c3c(cc4c2CCC4)CCC3)cc1CCN1CCC1.[Na]. The minimum absolute atomic E-state index is 0. The zero-order chi connectivity index (χ0) is 21.6. The number of hydrogen-bond acceptors (Lipinski definition) is 5. The monoisotopic (exact) mass is 466 g/mol. The molecule has 2 aliphatic carbocycles. The van der Waals surface area contributed by atoms with Crippen LogP contribution in [0, 0.1) is 0 Å². The van der Waals surface area contributed by atoms with Crippen LogP contribution in [0.25, 0.3) is 0 Å². The van der Waals surface area contributed by atoms with E-state index >= 15 is 0 Å². The molecule has 0 spiro atoms. The molecule has 2 amide bonds. The van der Waals surface area contributed by atoms with Gasteiger partial charge in [-0.15, -0.1) is 0 Å². The number of carbonyl (C=O) groups is 1. The maximum Gasteiger partial charge on any atom is 0.333 e. The van der Waals surface area contributed by atoms with Crippen LogP contribution in [0.15, 0.2) is 17.2 Å². The Labute approximate surface area is 211 Å². The van der Waals surface area contributed by atoms with Crippen LogP contribution in [0.3, 0.4) is 0 Å². The Hall–Kier alpha value is -1.39. The Morgan fingerprint density at radius 3 is 2.28 bits per heavy atom. The van der Waals surface area contributed by atoms with Gasteiger partial charge in [-0.25, -0.2) is 9.52 Å². The first-order valence-electron chi connectivity index (χ1n) is 11.2. The van der Waals surface area contributed by atoms with Crippen molar-refractivity contribution in [2.75, 3.05) is 25.0 Å². The van der Waals surface area contributed by atoms with Crippen LogP contribution in [0.5, 0.6) is 0 Å². The molecular formula is C22H29N5NaO3S. The molecule has 5 rings (SSSR count). The van der Waals surface area contributed by atoms with Crippen molar-refractivity contribution >= 4 is 51.3 Å². The molecule has 0 unspecified atom stereocenters. The van der Waals surface area contributed by atoms with Gasteiger partial charge in [0.05, 0.1) is 0 Å². The number of nitrogens with zero attached hydrogens (tertiary/aromatic N) is 3. The topological polar surface area (TPSA) is 96.3 Å². The normalized spacial score (nSPS) is 17.3. The van der Waals surface area contributed by atoms with Gasteiger partial charge in [-0.3, -0.25) is 4.68 Å². The second-order valence-corrected chi connectivity index (χ2v) is 10.5.